The van der Waals surface area contributed by atoms with E-state index in [-0.39, 0.29) is 0 Å². The van der Waals surface area contributed by atoms with Crippen molar-refractivity contribution in [2.45, 2.75) is 13.3 Å². The van der Waals surface area contributed by atoms with E-state index in [1.54, 1.807) is 18.2 Å². The summed E-state index contributed by atoms with van der Waals surface area (Å²) in [6.45, 7) is 1.98. The molecule has 0 aliphatic carbocycles. The summed E-state index contributed by atoms with van der Waals surface area (Å²) < 4.78 is 0. The van der Waals surface area contributed by atoms with E-state index in [0.29, 0.717) is 27.4 Å². The molecule has 0 bridgehead atoms. The fraction of sp³-hybridized carbons (Fsp3) is 0.167. The van der Waals surface area contributed by atoms with Crippen molar-refractivity contribution in [3.8, 4) is 0 Å². The van der Waals surface area contributed by atoms with Gasteiger partial charge in [-0.3, -0.25) is 0 Å². The number of nitrogens with one attached hydrogen (secondary N) is 1. The van der Waals surface area contributed by atoms with Crippen molar-refractivity contribution in [1.82, 2.24) is 9.97 Å². The molecule has 4 nitrogen and oxygen atoms in total. The van der Waals surface area contributed by atoms with Crippen LogP contribution in [0.4, 0.5) is 17.3 Å². The summed E-state index contributed by atoms with van der Waals surface area (Å²) in [6, 6.07) is 5.29. The SMILES string of the molecule is CCc1c(N)ncnc1Nc1c(Cl)cccc1Cl. The molecule has 2 aromatic rings. The van der Waals surface area contributed by atoms with Gasteiger partial charge < -0.3 is 11.1 Å². The molecule has 1 aromatic carbocycles. The second-order valence-electron chi connectivity index (χ2n) is 3.66. The molecule has 2 rings (SSSR count). The third-order valence-electron chi connectivity index (χ3n) is 2.54. The van der Waals surface area contributed by atoms with Gasteiger partial charge >= 0.3 is 0 Å². The van der Waals surface area contributed by atoms with Crippen LogP contribution in [0.1, 0.15) is 12.5 Å². The molecule has 0 aliphatic heterocycles. The summed E-state index contributed by atoms with van der Waals surface area (Å²) in [7, 11) is 0. The van der Waals surface area contributed by atoms with E-state index in [9.17, 15) is 0 Å². The summed E-state index contributed by atoms with van der Waals surface area (Å²) in [4.78, 5) is 8.13. The van der Waals surface area contributed by atoms with Gasteiger partial charge in [0, 0.05) is 5.56 Å². The van der Waals surface area contributed by atoms with Crippen molar-refractivity contribution in [3.05, 3.63) is 40.1 Å². The second kappa shape index (κ2) is 5.42. The van der Waals surface area contributed by atoms with Gasteiger partial charge in [-0.25, -0.2) is 9.97 Å². The molecular weight excluding hydrogens is 271 g/mol. The second-order valence-corrected chi connectivity index (χ2v) is 4.48. The molecule has 0 aliphatic rings. The number of aromatic nitrogens is 2. The molecule has 18 heavy (non-hydrogen) atoms. The van der Waals surface area contributed by atoms with Gasteiger partial charge in [-0.05, 0) is 18.6 Å². The molecule has 6 heteroatoms. The van der Waals surface area contributed by atoms with Crippen molar-refractivity contribution in [3.63, 3.8) is 0 Å². The monoisotopic (exact) mass is 282 g/mol. The highest BCUT2D eigenvalue weighted by molar-refractivity contribution is 6.39. The Labute approximate surface area is 115 Å². The first-order valence-electron chi connectivity index (χ1n) is 5.43. The fourth-order valence-corrected chi connectivity index (χ4v) is 2.11. The van der Waals surface area contributed by atoms with Crippen LogP contribution in [0, 0.1) is 0 Å². The van der Waals surface area contributed by atoms with Gasteiger partial charge in [0.05, 0.1) is 15.7 Å². The van der Waals surface area contributed by atoms with Crippen LogP contribution in [-0.4, -0.2) is 9.97 Å². The molecule has 0 unspecified atom stereocenters. The molecule has 1 aromatic heterocycles. The fourth-order valence-electron chi connectivity index (χ4n) is 1.62. The number of benzene rings is 1. The van der Waals surface area contributed by atoms with Crippen molar-refractivity contribution >= 4 is 40.5 Å². The van der Waals surface area contributed by atoms with E-state index in [1.165, 1.54) is 6.33 Å². The van der Waals surface area contributed by atoms with Gasteiger partial charge in [0.1, 0.15) is 18.0 Å². The molecular formula is C12H12Cl2N4. The van der Waals surface area contributed by atoms with Gasteiger partial charge in [-0.2, -0.15) is 0 Å². The Hall–Kier alpha value is -1.52. The minimum atomic E-state index is 0.457. The lowest BCUT2D eigenvalue weighted by Crippen LogP contribution is -2.05. The Balaban J connectivity index is 2.43. The predicted molar refractivity (Wildman–Crippen MR) is 75.6 cm³/mol. The highest BCUT2D eigenvalue weighted by Gasteiger charge is 2.11. The van der Waals surface area contributed by atoms with E-state index in [0.717, 1.165) is 12.0 Å². The molecule has 0 amide bonds. The number of nitrogens with two attached hydrogens (primary N) is 1. The Morgan fingerprint density at radius 2 is 1.89 bits per heavy atom. The normalized spacial score (nSPS) is 10.4. The highest BCUT2D eigenvalue weighted by Crippen LogP contribution is 2.33. The highest BCUT2D eigenvalue weighted by atomic mass is 35.5. The average Bonchev–Trinajstić information content (AvgIpc) is 2.34. The van der Waals surface area contributed by atoms with Crippen LogP contribution in [-0.2, 0) is 6.42 Å². The number of rotatable bonds is 3. The quantitative estimate of drug-likeness (QED) is 0.902. The largest absolute Gasteiger partial charge is 0.383 e. The van der Waals surface area contributed by atoms with Crippen LogP contribution < -0.4 is 11.1 Å². The molecule has 0 saturated carbocycles. The average molecular weight is 283 g/mol. The summed E-state index contributed by atoms with van der Waals surface area (Å²) >= 11 is 12.2. The van der Waals surface area contributed by atoms with E-state index in [4.69, 9.17) is 28.9 Å². The number of hydrogen-bond acceptors (Lipinski definition) is 4. The summed E-state index contributed by atoms with van der Waals surface area (Å²) in [5.41, 5.74) is 7.26. The zero-order valence-corrected chi connectivity index (χ0v) is 11.3. The third-order valence-corrected chi connectivity index (χ3v) is 3.17. The smallest absolute Gasteiger partial charge is 0.139 e. The molecule has 0 atom stereocenters. The number of halogens is 2. The van der Waals surface area contributed by atoms with Crippen molar-refractivity contribution in [1.29, 1.82) is 0 Å². The Kier molecular flexibility index (Phi) is 3.89. The van der Waals surface area contributed by atoms with E-state index in [1.807, 2.05) is 6.92 Å². The summed E-state index contributed by atoms with van der Waals surface area (Å²) in [6.07, 6.45) is 2.12. The topological polar surface area (TPSA) is 63.8 Å². The Morgan fingerprint density at radius 1 is 1.22 bits per heavy atom. The number of anilines is 3. The summed E-state index contributed by atoms with van der Waals surface area (Å²) in [5.74, 6) is 1.08. The first-order valence-corrected chi connectivity index (χ1v) is 6.19. The van der Waals surface area contributed by atoms with Gasteiger partial charge in [0.15, 0.2) is 0 Å². The predicted octanol–water partition coefficient (Wildman–Crippen LogP) is 3.67. The first kappa shape index (κ1) is 12.9. The Bertz CT molecular complexity index is 552. The lowest BCUT2D eigenvalue weighted by atomic mass is 10.2. The first-order chi connectivity index (χ1) is 8.63. The van der Waals surface area contributed by atoms with E-state index < -0.39 is 0 Å². The zero-order chi connectivity index (χ0) is 13.1. The molecule has 0 fully saturated rings. The maximum absolute atomic E-state index is 6.09. The maximum atomic E-state index is 6.09. The maximum Gasteiger partial charge on any atom is 0.139 e. The summed E-state index contributed by atoms with van der Waals surface area (Å²) in [5, 5.41) is 4.16. The lowest BCUT2D eigenvalue weighted by molar-refractivity contribution is 1.06. The van der Waals surface area contributed by atoms with E-state index in [2.05, 4.69) is 15.3 Å². The molecule has 0 spiro atoms. The van der Waals surface area contributed by atoms with Crippen LogP contribution in [0.3, 0.4) is 0 Å². The van der Waals surface area contributed by atoms with Crippen LogP contribution in [0.2, 0.25) is 10.0 Å². The van der Waals surface area contributed by atoms with Crippen LogP contribution in [0.15, 0.2) is 24.5 Å². The van der Waals surface area contributed by atoms with Crippen LogP contribution in [0.5, 0.6) is 0 Å². The number of hydrogen-bond donors (Lipinski definition) is 2. The minimum Gasteiger partial charge on any atom is -0.383 e. The van der Waals surface area contributed by atoms with Gasteiger partial charge in [-0.15, -0.1) is 0 Å². The number of nitrogens with zero attached hydrogens (tertiary/aromatic N) is 2. The zero-order valence-electron chi connectivity index (χ0n) is 9.74. The molecule has 0 radical (unpaired) electrons. The minimum absolute atomic E-state index is 0.457. The lowest BCUT2D eigenvalue weighted by Gasteiger charge is -2.13. The van der Waals surface area contributed by atoms with Gasteiger partial charge in [0.25, 0.3) is 0 Å². The van der Waals surface area contributed by atoms with Gasteiger partial charge in [0.2, 0.25) is 0 Å². The standard InChI is InChI=1S/C12H12Cl2N4/c1-2-7-11(15)16-6-17-12(7)18-10-8(13)4-3-5-9(10)14/h3-6H,2H2,1H3,(H3,15,16,17,18). The van der Waals surface area contributed by atoms with Crippen molar-refractivity contribution in [2.75, 3.05) is 11.1 Å². The molecule has 94 valence electrons. The van der Waals surface area contributed by atoms with Crippen LogP contribution in [0.25, 0.3) is 0 Å². The number of para-hydroxylation sites is 1. The van der Waals surface area contributed by atoms with E-state index >= 15 is 0 Å². The third kappa shape index (κ3) is 2.49. The van der Waals surface area contributed by atoms with Crippen molar-refractivity contribution in [2.24, 2.45) is 0 Å². The van der Waals surface area contributed by atoms with Crippen molar-refractivity contribution < 1.29 is 0 Å². The van der Waals surface area contributed by atoms with Gasteiger partial charge in [-0.1, -0.05) is 36.2 Å². The number of nitrogen functional groups attached to an aromatic ring is 1. The molecule has 1 heterocycles. The molecule has 3 N–H and O–H groups in total. The molecule has 0 saturated heterocycles. The Morgan fingerprint density at radius 3 is 2.50 bits per heavy atom. The van der Waals surface area contributed by atoms with Crippen LogP contribution >= 0.6 is 23.2 Å².